The number of carbonyl (C=O) groups excluding carboxylic acids is 1. The lowest BCUT2D eigenvalue weighted by Crippen LogP contribution is -2.27. The number of nitrogens with zero attached hydrogens (tertiary/aromatic N) is 2. The normalized spacial score (nSPS) is 10.9. The van der Waals surface area contributed by atoms with Crippen LogP contribution in [0.5, 0.6) is 5.75 Å². The van der Waals surface area contributed by atoms with E-state index in [9.17, 15) is 19.9 Å². The van der Waals surface area contributed by atoms with Gasteiger partial charge in [0.15, 0.2) is 11.2 Å². The third-order valence-corrected chi connectivity index (χ3v) is 4.00. The number of aromatic nitrogens is 2. The standard InChI is InChI=1S/C19H18N2O5/c1-4-26-19(24)15-16(22)14-8-13(9-20-17(14)21(25)18(15)23)12-6-10(2)5-11(3)7-12/h5-9,22,25H,4H2,1-3H3. The van der Waals surface area contributed by atoms with Gasteiger partial charge in [-0.2, -0.15) is 0 Å². The van der Waals surface area contributed by atoms with Gasteiger partial charge < -0.3 is 15.1 Å². The van der Waals surface area contributed by atoms with Crippen molar-refractivity contribution in [3.63, 3.8) is 0 Å². The van der Waals surface area contributed by atoms with Crippen LogP contribution in [0.1, 0.15) is 28.4 Å². The number of pyridine rings is 2. The summed E-state index contributed by atoms with van der Waals surface area (Å²) < 4.78 is 5.04. The first-order valence-electron chi connectivity index (χ1n) is 8.06. The zero-order valence-electron chi connectivity index (χ0n) is 14.6. The average Bonchev–Trinajstić information content (AvgIpc) is 2.59. The molecule has 0 saturated heterocycles. The van der Waals surface area contributed by atoms with Crippen LogP contribution in [0.4, 0.5) is 0 Å². The molecule has 0 unspecified atom stereocenters. The molecule has 0 spiro atoms. The first-order chi connectivity index (χ1) is 12.3. The molecule has 0 radical (unpaired) electrons. The molecule has 7 heteroatoms. The molecule has 0 saturated carbocycles. The smallest absolute Gasteiger partial charge is 0.347 e. The molecule has 26 heavy (non-hydrogen) atoms. The molecule has 0 amide bonds. The van der Waals surface area contributed by atoms with Gasteiger partial charge in [0.1, 0.15) is 5.75 Å². The highest BCUT2D eigenvalue weighted by atomic mass is 16.5. The van der Waals surface area contributed by atoms with Gasteiger partial charge >= 0.3 is 11.5 Å². The van der Waals surface area contributed by atoms with Crippen LogP contribution in [0.2, 0.25) is 0 Å². The van der Waals surface area contributed by atoms with E-state index < -0.39 is 22.8 Å². The molecule has 2 heterocycles. The summed E-state index contributed by atoms with van der Waals surface area (Å²) in [5, 5.41) is 20.6. The van der Waals surface area contributed by atoms with Gasteiger partial charge in [0.2, 0.25) is 0 Å². The zero-order chi connectivity index (χ0) is 19.0. The van der Waals surface area contributed by atoms with Gasteiger partial charge in [-0.05, 0) is 32.4 Å². The monoisotopic (exact) mass is 354 g/mol. The molecular formula is C19H18N2O5. The highest BCUT2D eigenvalue weighted by Crippen LogP contribution is 2.30. The Kier molecular flexibility index (Phi) is 4.38. The van der Waals surface area contributed by atoms with Crippen molar-refractivity contribution in [3.05, 3.63) is 57.5 Å². The zero-order valence-corrected chi connectivity index (χ0v) is 14.6. The van der Waals surface area contributed by atoms with E-state index >= 15 is 0 Å². The van der Waals surface area contributed by atoms with E-state index in [1.54, 1.807) is 13.0 Å². The molecule has 0 bridgehead atoms. The molecule has 2 N–H and O–H groups in total. The second-order valence-electron chi connectivity index (χ2n) is 6.03. The second-order valence-corrected chi connectivity index (χ2v) is 6.03. The van der Waals surface area contributed by atoms with E-state index in [4.69, 9.17) is 4.74 Å². The molecule has 134 valence electrons. The molecule has 1 aromatic carbocycles. The maximum Gasteiger partial charge on any atom is 0.347 e. The van der Waals surface area contributed by atoms with Crippen molar-refractivity contribution in [1.29, 1.82) is 0 Å². The third kappa shape index (κ3) is 2.88. The molecular weight excluding hydrogens is 336 g/mol. The minimum atomic E-state index is -1.08. The van der Waals surface area contributed by atoms with E-state index in [2.05, 4.69) is 4.98 Å². The van der Waals surface area contributed by atoms with Crippen LogP contribution >= 0.6 is 0 Å². The highest BCUT2D eigenvalue weighted by Gasteiger charge is 2.24. The third-order valence-electron chi connectivity index (χ3n) is 4.00. The summed E-state index contributed by atoms with van der Waals surface area (Å²) >= 11 is 0. The topological polar surface area (TPSA) is 102 Å². The van der Waals surface area contributed by atoms with Gasteiger partial charge in [-0.1, -0.05) is 29.3 Å². The second kappa shape index (κ2) is 6.51. The molecule has 3 rings (SSSR count). The fourth-order valence-corrected chi connectivity index (χ4v) is 2.93. The summed E-state index contributed by atoms with van der Waals surface area (Å²) in [6, 6.07) is 7.50. The van der Waals surface area contributed by atoms with E-state index in [-0.39, 0.29) is 22.4 Å². The number of carbonyl (C=O) groups is 1. The van der Waals surface area contributed by atoms with Gasteiger partial charge in [-0.3, -0.25) is 4.79 Å². The largest absolute Gasteiger partial charge is 0.506 e. The molecule has 2 aromatic heterocycles. The Morgan fingerprint density at radius 1 is 1.15 bits per heavy atom. The Hall–Kier alpha value is -3.35. The van der Waals surface area contributed by atoms with E-state index in [1.165, 1.54) is 6.20 Å². The lowest BCUT2D eigenvalue weighted by molar-refractivity contribution is 0.0515. The lowest BCUT2D eigenvalue weighted by atomic mass is 10.0. The number of rotatable bonds is 3. The fraction of sp³-hybridized carbons (Fsp3) is 0.211. The Bertz CT molecular complexity index is 1070. The van der Waals surface area contributed by atoms with Crippen LogP contribution in [-0.4, -0.2) is 32.6 Å². The van der Waals surface area contributed by atoms with E-state index in [1.807, 2.05) is 32.0 Å². The number of hydrogen-bond donors (Lipinski definition) is 2. The predicted molar refractivity (Wildman–Crippen MR) is 95.7 cm³/mol. The Morgan fingerprint density at radius 3 is 2.42 bits per heavy atom. The first-order valence-corrected chi connectivity index (χ1v) is 8.06. The van der Waals surface area contributed by atoms with Crippen molar-refractivity contribution in [2.75, 3.05) is 6.61 Å². The predicted octanol–water partition coefficient (Wildman–Crippen LogP) is 2.80. The summed E-state index contributed by atoms with van der Waals surface area (Å²) in [5.74, 6) is -1.57. The maximum absolute atomic E-state index is 12.2. The Labute approximate surface area is 149 Å². The highest BCUT2D eigenvalue weighted by molar-refractivity contribution is 5.99. The summed E-state index contributed by atoms with van der Waals surface area (Å²) in [5.41, 5.74) is 1.81. The van der Waals surface area contributed by atoms with Crippen molar-refractivity contribution in [1.82, 2.24) is 9.71 Å². The molecule has 0 aliphatic rings. The van der Waals surface area contributed by atoms with Crippen LogP contribution < -0.4 is 5.56 Å². The number of aryl methyl sites for hydroxylation is 2. The summed E-state index contributed by atoms with van der Waals surface area (Å²) in [4.78, 5) is 28.3. The molecule has 0 aliphatic carbocycles. The summed E-state index contributed by atoms with van der Waals surface area (Å²) in [7, 11) is 0. The van der Waals surface area contributed by atoms with E-state index in [0.717, 1.165) is 16.7 Å². The first kappa shape index (κ1) is 17.5. The number of esters is 1. The molecule has 7 nitrogen and oxygen atoms in total. The van der Waals surface area contributed by atoms with Crippen molar-refractivity contribution >= 4 is 17.0 Å². The number of fused-ring (bicyclic) bond motifs is 1. The number of hydrogen-bond acceptors (Lipinski definition) is 6. The van der Waals surface area contributed by atoms with Crippen molar-refractivity contribution in [2.45, 2.75) is 20.8 Å². The molecule has 3 aromatic rings. The van der Waals surface area contributed by atoms with Gasteiger partial charge in [0.25, 0.3) is 0 Å². The van der Waals surface area contributed by atoms with Crippen molar-refractivity contribution < 1.29 is 19.8 Å². The van der Waals surface area contributed by atoms with Crippen molar-refractivity contribution in [3.8, 4) is 16.9 Å². The minimum Gasteiger partial charge on any atom is -0.506 e. The Balaban J connectivity index is 2.29. The van der Waals surface area contributed by atoms with Gasteiger partial charge in [0.05, 0.1) is 12.0 Å². The SMILES string of the molecule is CCOC(=O)c1c(O)c2cc(-c3cc(C)cc(C)c3)cnc2n(O)c1=O. The van der Waals surface area contributed by atoms with Crippen LogP contribution in [0.3, 0.4) is 0 Å². The van der Waals surface area contributed by atoms with Crippen LogP contribution in [0.25, 0.3) is 22.2 Å². The quantitative estimate of drug-likeness (QED) is 0.554. The summed E-state index contributed by atoms with van der Waals surface area (Å²) in [6.07, 6.45) is 1.49. The fourth-order valence-electron chi connectivity index (χ4n) is 2.93. The van der Waals surface area contributed by atoms with Gasteiger partial charge in [0, 0.05) is 11.8 Å². The van der Waals surface area contributed by atoms with Crippen molar-refractivity contribution in [2.24, 2.45) is 0 Å². The molecule has 0 fully saturated rings. The van der Waals surface area contributed by atoms with Gasteiger partial charge in [-0.15, -0.1) is 4.73 Å². The average molecular weight is 354 g/mol. The Morgan fingerprint density at radius 2 is 1.81 bits per heavy atom. The maximum atomic E-state index is 12.2. The minimum absolute atomic E-state index is 0.0298. The van der Waals surface area contributed by atoms with Gasteiger partial charge in [-0.25, -0.2) is 9.78 Å². The molecule has 0 aliphatic heterocycles. The summed E-state index contributed by atoms with van der Waals surface area (Å²) in [6.45, 7) is 5.54. The van der Waals surface area contributed by atoms with Crippen LogP contribution in [0.15, 0.2) is 35.3 Å². The number of aromatic hydroxyl groups is 1. The van der Waals surface area contributed by atoms with Crippen LogP contribution in [-0.2, 0) is 4.74 Å². The number of ether oxygens (including phenoxy) is 1. The van der Waals surface area contributed by atoms with Crippen LogP contribution in [0, 0.1) is 13.8 Å². The molecule has 0 atom stereocenters. The van der Waals surface area contributed by atoms with E-state index in [0.29, 0.717) is 5.56 Å². The number of benzene rings is 1. The lowest BCUT2D eigenvalue weighted by Gasteiger charge is -2.11.